The van der Waals surface area contributed by atoms with Crippen LogP contribution in [0.5, 0.6) is 0 Å². The molecule has 25 heavy (non-hydrogen) atoms. The number of rotatable bonds is 3. The van der Waals surface area contributed by atoms with E-state index in [0.29, 0.717) is 6.07 Å². The Kier molecular flexibility index (Phi) is 6.03. The Morgan fingerprint density at radius 3 is 2.16 bits per heavy atom. The van der Waals surface area contributed by atoms with Crippen molar-refractivity contribution in [2.24, 2.45) is 0 Å². The molecule has 0 heterocycles. The predicted molar refractivity (Wildman–Crippen MR) is 88.7 cm³/mol. The molecule has 0 unspecified atom stereocenters. The van der Waals surface area contributed by atoms with Crippen LogP contribution in [-0.4, -0.2) is 6.03 Å². The molecule has 10 heteroatoms. The fourth-order valence-electron chi connectivity index (χ4n) is 1.92. The number of carbonyl (C=O) groups is 1. The topological polar surface area (TPSA) is 41.1 Å². The first kappa shape index (κ1) is 19.6. The highest BCUT2D eigenvalue weighted by Gasteiger charge is 2.31. The molecule has 0 atom stereocenters. The van der Waals surface area contributed by atoms with Crippen molar-refractivity contribution in [2.75, 3.05) is 5.32 Å². The van der Waals surface area contributed by atoms with E-state index in [9.17, 15) is 22.4 Å². The van der Waals surface area contributed by atoms with Crippen molar-refractivity contribution in [3.8, 4) is 0 Å². The van der Waals surface area contributed by atoms with Crippen molar-refractivity contribution in [1.29, 1.82) is 0 Å². The molecule has 0 saturated heterocycles. The molecule has 0 spiro atoms. The van der Waals surface area contributed by atoms with E-state index in [0.717, 1.165) is 12.1 Å². The number of benzene rings is 2. The second-order valence-corrected chi connectivity index (χ2v) is 6.15. The van der Waals surface area contributed by atoms with Gasteiger partial charge in [0.05, 0.1) is 21.3 Å². The van der Waals surface area contributed by atoms with Gasteiger partial charge in [0.25, 0.3) is 0 Å². The number of halogens is 7. The predicted octanol–water partition coefficient (Wildman–Crippen LogP) is 6.13. The first-order chi connectivity index (χ1) is 11.6. The maximum atomic E-state index is 13.3. The molecular formula is C15H9Cl3F4N2O. The summed E-state index contributed by atoms with van der Waals surface area (Å²) in [6.07, 6.45) is -4.69. The molecule has 0 radical (unpaired) electrons. The van der Waals surface area contributed by atoms with E-state index in [4.69, 9.17) is 34.8 Å². The molecule has 3 nitrogen and oxygen atoms in total. The smallest absolute Gasteiger partial charge is 0.334 e. The molecule has 2 aromatic carbocycles. The van der Waals surface area contributed by atoms with Crippen molar-refractivity contribution < 1.29 is 22.4 Å². The Balaban J connectivity index is 2.07. The highest BCUT2D eigenvalue weighted by Crippen LogP contribution is 2.33. The van der Waals surface area contributed by atoms with Gasteiger partial charge in [-0.3, -0.25) is 0 Å². The zero-order valence-corrected chi connectivity index (χ0v) is 14.4. The van der Waals surface area contributed by atoms with Gasteiger partial charge in [-0.05, 0) is 35.9 Å². The summed E-state index contributed by atoms with van der Waals surface area (Å²) in [6, 6.07) is 3.92. The summed E-state index contributed by atoms with van der Waals surface area (Å²) >= 11 is 17.5. The third-order valence-electron chi connectivity index (χ3n) is 2.98. The van der Waals surface area contributed by atoms with Crippen LogP contribution >= 0.6 is 34.8 Å². The number of alkyl halides is 3. The molecule has 0 aromatic heterocycles. The molecule has 0 bridgehead atoms. The summed E-state index contributed by atoms with van der Waals surface area (Å²) in [4.78, 5) is 11.9. The van der Waals surface area contributed by atoms with E-state index in [1.54, 1.807) is 0 Å². The fraction of sp³-hybridized carbons (Fsp3) is 0.133. The van der Waals surface area contributed by atoms with Crippen LogP contribution in [0.4, 0.5) is 28.0 Å². The van der Waals surface area contributed by atoms with Crippen LogP contribution in [0.2, 0.25) is 15.1 Å². The van der Waals surface area contributed by atoms with Crippen molar-refractivity contribution in [1.82, 2.24) is 5.32 Å². The summed E-state index contributed by atoms with van der Waals surface area (Å²) in [5, 5.41) is 5.06. The standard InChI is InChI=1S/C15H9Cl3F4N2O/c16-9-4-11(17)13(12(18)5-9)24-14(25)23-6-7-1-8(15(20,21)22)3-10(19)2-7/h1-5H,6H2,(H2,23,24,25). The molecule has 0 saturated carbocycles. The Labute approximate surface area is 154 Å². The molecule has 0 fully saturated rings. The first-order valence-electron chi connectivity index (χ1n) is 6.62. The van der Waals surface area contributed by atoms with E-state index < -0.39 is 23.6 Å². The van der Waals surface area contributed by atoms with Gasteiger partial charge in [-0.15, -0.1) is 0 Å². The highest BCUT2D eigenvalue weighted by molar-refractivity contribution is 6.42. The summed E-state index contributed by atoms with van der Waals surface area (Å²) in [7, 11) is 0. The molecular weight excluding hydrogens is 407 g/mol. The quantitative estimate of drug-likeness (QED) is 0.582. The monoisotopic (exact) mass is 414 g/mol. The van der Waals surface area contributed by atoms with Gasteiger partial charge in [-0.1, -0.05) is 34.8 Å². The summed E-state index contributed by atoms with van der Waals surface area (Å²) in [5.74, 6) is -1.06. The normalized spacial score (nSPS) is 11.3. The summed E-state index contributed by atoms with van der Waals surface area (Å²) in [5.41, 5.74) is -1.12. The Morgan fingerprint density at radius 1 is 1.00 bits per heavy atom. The van der Waals surface area contributed by atoms with Gasteiger partial charge in [0, 0.05) is 11.6 Å². The third-order valence-corrected chi connectivity index (χ3v) is 3.80. The minimum absolute atomic E-state index is 0.0595. The lowest BCUT2D eigenvalue weighted by Crippen LogP contribution is -2.28. The average Bonchev–Trinajstić information content (AvgIpc) is 2.47. The van der Waals surface area contributed by atoms with Crippen LogP contribution < -0.4 is 10.6 Å². The number of hydrogen-bond donors (Lipinski definition) is 2. The minimum Gasteiger partial charge on any atom is -0.334 e. The molecule has 134 valence electrons. The largest absolute Gasteiger partial charge is 0.416 e. The number of hydrogen-bond acceptors (Lipinski definition) is 1. The SMILES string of the molecule is O=C(NCc1cc(F)cc(C(F)(F)F)c1)Nc1c(Cl)cc(Cl)cc1Cl. The van der Waals surface area contributed by atoms with Crippen LogP contribution in [0, 0.1) is 5.82 Å². The van der Waals surface area contributed by atoms with Crippen molar-refractivity contribution in [3.05, 3.63) is 62.3 Å². The Hall–Kier alpha value is -1.70. The number of nitrogens with one attached hydrogen (secondary N) is 2. The van der Waals surface area contributed by atoms with Gasteiger partial charge in [-0.2, -0.15) is 13.2 Å². The van der Waals surface area contributed by atoms with Crippen molar-refractivity contribution >= 4 is 46.5 Å². The van der Waals surface area contributed by atoms with Gasteiger partial charge in [0.2, 0.25) is 0 Å². The van der Waals surface area contributed by atoms with Gasteiger partial charge >= 0.3 is 12.2 Å². The first-order valence-corrected chi connectivity index (χ1v) is 7.75. The number of urea groups is 1. The van der Waals surface area contributed by atoms with Gasteiger partial charge in [0.1, 0.15) is 5.82 Å². The van der Waals surface area contributed by atoms with Crippen molar-refractivity contribution in [2.45, 2.75) is 12.7 Å². The van der Waals surface area contributed by atoms with Crippen molar-refractivity contribution in [3.63, 3.8) is 0 Å². The molecule has 2 aromatic rings. The Bertz CT molecular complexity index is 789. The maximum Gasteiger partial charge on any atom is 0.416 e. The molecule has 2 N–H and O–H groups in total. The highest BCUT2D eigenvalue weighted by atomic mass is 35.5. The molecule has 2 rings (SSSR count). The van der Waals surface area contributed by atoms with Gasteiger partial charge in [-0.25, -0.2) is 9.18 Å². The second kappa shape index (κ2) is 7.68. The van der Waals surface area contributed by atoms with Crippen LogP contribution in [0.25, 0.3) is 0 Å². The molecule has 0 aliphatic rings. The summed E-state index contributed by atoms with van der Waals surface area (Å²) < 4.78 is 51.2. The third kappa shape index (κ3) is 5.39. The number of anilines is 1. The lowest BCUT2D eigenvalue weighted by molar-refractivity contribution is -0.137. The van der Waals surface area contributed by atoms with E-state index in [2.05, 4.69) is 10.6 Å². The zero-order chi connectivity index (χ0) is 18.8. The lowest BCUT2D eigenvalue weighted by atomic mass is 10.1. The van der Waals surface area contributed by atoms with Crippen LogP contribution in [0.15, 0.2) is 30.3 Å². The fourth-order valence-corrected chi connectivity index (χ4v) is 2.83. The molecule has 2 amide bonds. The maximum absolute atomic E-state index is 13.3. The molecule has 0 aliphatic heterocycles. The number of amides is 2. The zero-order valence-electron chi connectivity index (χ0n) is 12.1. The van der Waals surface area contributed by atoms with E-state index in [1.807, 2.05) is 0 Å². The second-order valence-electron chi connectivity index (χ2n) is 4.90. The van der Waals surface area contributed by atoms with Gasteiger partial charge in [0.15, 0.2) is 0 Å². The average molecular weight is 416 g/mol. The van der Waals surface area contributed by atoms with Crippen LogP contribution in [0.1, 0.15) is 11.1 Å². The van der Waals surface area contributed by atoms with E-state index in [-0.39, 0.29) is 32.9 Å². The lowest BCUT2D eigenvalue weighted by Gasteiger charge is -2.12. The minimum atomic E-state index is -4.69. The van der Waals surface area contributed by atoms with Gasteiger partial charge < -0.3 is 10.6 Å². The van der Waals surface area contributed by atoms with E-state index >= 15 is 0 Å². The number of carbonyl (C=O) groups excluding carboxylic acids is 1. The van der Waals surface area contributed by atoms with Crippen LogP contribution in [0.3, 0.4) is 0 Å². The Morgan fingerprint density at radius 2 is 1.60 bits per heavy atom. The van der Waals surface area contributed by atoms with E-state index in [1.165, 1.54) is 12.1 Å². The molecule has 0 aliphatic carbocycles. The van der Waals surface area contributed by atoms with Crippen LogP contribution in [-0.2, 0) is 12.7 Å². The summed E-state index contributed by atoms with van der Waals surface area (Å²) in [6.45, 7) is -0.338.